The fraction of sp³-hybridized carbons (Fsp3) is 0.947. The zero-order valence-electron chi connectivity index (χ0n) is 17.2. The number of hydrogen-bond donors (Lipinski definition) is 2. The predicted octanol–water partition coefficient (Wildman–Crippen LogP) is 2.96. The second kappa shape index (κ2) is 12.0. The van der Waals surface area contributed by atoms with Gasteiger partial charge in [0.1, 0.15) is 0 Å². The van der Waals surface area contributed by atoms with Gasteiger partial charge in [-0.15, -0.1) is 0 Å². The molecule has 1 heterocycles. The Kier molecular flexibility index (Phi) is 10.9. The van der Waals surface area contributed by atoms with E-state index in [0.29, 0.717) is 12.1 Å². The molecule has 25 heavy (non-hydrogen) atoms. The summed E-state index contributed by atoms with van der Waals surface area (Å²) in [5, 5.41) is 6.91. The van der Waals surface area contributed by atoms with E-state index in [1.807, 2.05) is 11.8 Å². The molecule has 0 atom stereocenters. The van der Waals surface area contributed by atoms with Crippen molar-refractivity contribution in [2.24, 2.45) is 4.99 Å². The maximum Gasteiger partial charge on any atom is 0.191 e. The molecule has 148 valence electrons. The maximum atomic E-state index is 5.56. The van der Waals surface area contributed by atoms with Crippen molar-refractivity contribution in [1.82, 2.24) is 15.5 Å². The van der Waals surface area contributed by atoms with E-state index in [9.17, 15) is 0 Å². The Morgan fingerprint density at radius 3 is 2.28 bits per heavy atom. The molecule has 5 nitrogen and oxygen atoms in total. The number of ether oxygens (including phenoxy) is 1. The van der Waals surface area contributed by atoms with Crippen molar-refractivity contribution < 1.29 is 4.74 Å². The van der Waals surface area contributed by atoms with Crippen molar-refractivity contribution in [3.05, 3.63) is 0 Å². The van der Waals surface area contributed by atoms with Gasteiger partial charge < -0.3 is 15.4 Å². The maximum absolute atomic E-state index is 5.56. The molecule has 0 spiro atoms. The van der Waals surface area contributed by atoms with Gasteiger partial charge in [0, 0.05) is 49.7 Å². The minimum Gasteiger partial charge on any atom is -0.381 e. The van der Waals surface area contributed by atoms with Gasteiger partial charge in [-0.1, -0.05) is 6.92 Å². The van der Waals surface area contributed by atoms with Crippen LogP contribution >= 0.6 is 11.8 Å². The van der Waals surface area contributed by atoms with Gasteiger partial charge >= 0.3 is 0 Å². The number of thioether (sulfide) groups is 1. The number of nitrogens with one attached hydrogen (secondary N) is 2. The van der Waals surface area contributed by atoms with Crippen LogP contribution in [0.4, 0.5) is 0 Å². The van der Waals surface area contributed by atoms with Crippen LogP contribution in [0.1, 0.15) is 54.4 Å². The van der Waals surface area contributed by atoms with Gasteiger partial charge in [-0.3, -0.25) is 9.89 Å². The molecule has 1 aliphatic rings. The highest BCUT2D eigenvalue weighted by molar-refractivity contribution is 8.00. The van der Waals surface area contributed by atoms with Crippen molar-refractivity contribution in [3.8, 4) is 0 Å². The summed E-state index contributed by atoms with van der Waals surface area (Å²) < 4.78 is 5.81. The summed E-state index contributed by atoms with van der Waals surface area (Å²) in [6.07, 6.45) is 2.20. The number of rotatable bonds is 10. The number of aliphatic imine (C=N–C) groups is 1. The fourth-order valence-corrected chi connectivity index (χ4v) is 4.60. The van der Waals surface area contributed by atoms with Crippen LogP contribution in [0.15, 0.2) is 4.99 Å². The van der Waals surface area contributed by atoms with Gasteiger partial charge in [0.25, 0.3) is 0 Å². The molecule has 1 saturated heterocycles. The first kappa shape index (κ1) is 22.6. The fourth-order valence-electron chi connectivity index (χ4n) is 3.38. The second-order valence-electron chi connectivity index (χ2n) is 7.28. The number of guanidine groups is 1. The lowest BCUT2D eigenvalue weighted by atomic mass is 9.99. The zero-order chi connectivity index (χ0) is 18.7. The Hall–Kier alpha value is -0.460. The Labute approximate surface area is 159 Å². The van der Waals surface area contributed by atoms with Gasteiger partial charge in [-0.2, -0.15) is 11.8 Å². The van der Waals surface area contributed by atoms with Crippen molar-refractivity contribution >= 4 is 17.7 Å². The molecule has 0 aromatic carbocycles. The summed E-state index contributed by atoms with van der Waals surface area (Å²) in [5.74, 6) is 2.08. The molecule has 0 aliphatic carbocycles. The molecule has 0 saturated carbocycles. The minimum absolute atomic E-state index is 0.247. The summed E-state index contributed by atoms with van der Waals surface area (Å²) in [5.41, 5.74) is 0. The Morgan fingerprint density at radius 2 is 1.76 bits per heavy atom. The van der Waals surface area contributed by atoms with Crippen LogP contribution in [-0.4, -0.2) is 72.8 Å². The van der Waals surface area contributed by atoms with Gasteiger partial charge in [-0.05, 0) is 53.2 Å². The summed E-state index contributed by atoms with van der Waals surface area (Å²) in [6.45, 7) is 18.8. The highest BCUT2D eigenvalue weighted by atomic mass is 32.2. The Bertz CT molecular complexity index is 368. The smallest absolute Gasteiger partial charge is 0.191 e. The van der Waals surface area contributed by atoms with Gasteiger partial charge in [0.2, 0.25) is 0 Å². The van der Waals surface area contributed by atoms with Gasteiger partial charge in [0.15, 0.2) is 5.96 Å². The molecule has 2 N–H and O–H groups in total. The Balaban J connectivity index is 2.60. The van der Waals surface area contributed by atoms with Crippen LogP contribution in [0.2, 0.25) is 0 Å². The van der Waals surface area contributed by atoms with Crippen molar-refractivity contribution in [3.63, 3.8) is 0 Å². The van der Waals surface area contributed by atoms with E-state index in [0.717, 1.165) is 63.9 Å². The van der Waals surface area contributed by atoms with Crippen LogP contribution in [0.25, 0.3) is 0 Å². The average Bonchev–Trinajstić information content (AvgIpc) is 2.57. The first-order valence-electron chi connectivity index (χ1n) is 9.93. The SMILES string of the molecule is CCNC(=NCC1(SCC)CCOCC1)NCCN(C(C)C)C(C)C. The molecule has 1 aliphatic heterocycles. The molecule has 0 bridgehead atoms. The molecule has 0 aromatic rings. The second-order valence-corrected chi connectivity index (χ2v) is 9.01. The number of hydrogen-bond acceptors (Lipinski definition) is 4. The van der Waals surface area contributed by atoms with Crippen molar-refractivity contribution in [1.29, 1.82) is 0 Å². The van der Waals surface area contributed by atoms with E-state index in [4.69, 9.17) is 9.73 Å². The lowest BCUT2D eigenvalue weighted by Gasteiger charge is -2.35. The van der Waals surface area contributed by atoms with E-state index < -0.39 is 0 Å². The highest BCUT2D eigenvalue weighted by Crippen LogP contribution is 2.35. The van der Waals surface area contributed by atoms with Crippen LogP contribution in [0.3, 0.4) is 0 Å². The minimum atomic E-state index is 0.247. The summed E-state index contributed by atoms with van der Waals surface area (Å²) in [7, 11) is 0. The van der Waals surface area contributed by atoms with E-state index in [2.05, 4.69) is 57.1 Å². The summed E-state index contributed by atoms with van der Waals surface area (Å²) in [4.78, 5) is 7.42. The van der Waals surface area contributed by atoms with Crippen molar-refractivity contribution in [2.45, 2.75) is 71.2 Å². The van der Waals surface area contributed by atoms with Gasteiger partial charge in [0.05, 0.1) is 6.54 Å². The topological polar surface area (TPSA) is 48.9 Å². The molecule has 1 rings (SSSR count). The van der Waals surface area contributed by atoms with Crippen molar-refractivity contribution in [2.75, 3.05) is 45.1 Å². The molecular weight excluding hydrogens is 332 g/mol. The third-order valence-corrected chi connectivity index (χ3v) is 6.15. The molecule has 0 amide bonds. The van der Waals surface area contributed by atoms with Crippen LogP contribution in [0, 0.1) is 0 Å². The summed E-state index contributed by atoms with van der Waals surface area (Å²) >= 11 is 2.05. The van der Waals surface area contributed by atoms with Gasteiger partial charge in [-0.25, -0.2) is 0 Å². The first-order valence-corrected chi connectivity index (χ1v) is 10.9. The molecular formula is C19H40N4OS. The average molecular weight is 373 g/mol. The standard InChI is InChI=1S/C19H40N4OS/c1-7-20-18(21-11-12-23(16(3)4)17(5)6)22-15-19(25-8-2)9-13-24-14-10-19/h16-17H,7-15H2,1-6H3,(H2,20,21,22). The number of nitrogens with zero attached hydrogens (tertiary/aromatic N) is 2. The first-order chi connectivity index (χ1) is 11.9. The molecule has 0 unspecified atom stereocenters. The molecule has 0 radical (unpaired) electrons. The zero-order valence-corrected chi connectivity index (χ0v) is 18.0. The normalized spacial score (nSPS) is 18.2. The van der Waals surface area contributed by atoms with Crippen LogP contribution < -0.4 is 10.6 Å². The lowest BCUT2D eigenvalue weighted by Crippen LogP contribution is -2.46. The third kappa shape index (κ3) is 8.18. The lowest BCUT2D eigenvalue weighted by molar-refractivity contribution is 0.0793. The van der Waals surface area contributed by atoms with E-state index in [1.54, 1.807) is 0 Å². The monoisotopic (exact) mass is 372 g/mol. The molecule has 0 aromatic heterocycles. The highest BCUT2D eigenvalue weighted by Gasteiger charge is 2.32. The van der Waals surface area contributed by atoms with E-state index >= 15 is 0 Å². The van der Waals surface area contributed by atoms with Crippen LogP contribution in [-0.2, 0) is 4.74 Å². The van der Waals surface area contributed by atoms with Crippen LogP contribution in [0.5, 0.6) is 0 Å². The quantitative estimate of drug-likeness (QED) is 0.456. The summed E-state index contributed by atoms with van der Waals surface area (Å²) in [6, 6.07) is 1.13. The van der Waals surface area contributed by atoms with E-state index in [1.165, 1.54) is 0 Å². The molecule has 1 fully saturated rings. The Morgan fingerprint density at radius 1 is 1.12 bits per heavy atom. The predicted molar refractivity (Wildman–Crippen MR) is 112 cm³/mol. The molecule has 6 heteroatoms. The largest absolute Gasteiger partial charge is 0.381 e. The van der Waals surface area contributed by atoms with E-state index in [-0.39, 0.29) is 4.75 Å². The third-order valence-electron chi connectivity index (χ3n) is 4.71.